The molecule has 0 aliphatic carbocycles. The SMILES string of the molecule is Nc1ccc(NCc2ccsc2)nc1N. The fourth-order valence-electron chi connectivity index (χ4n) is 1.17. The van der Waals surface area contributed by atoms with Gasteiger partial charge in [0.1, 0.15) is 11.6 Å². The van der Waals surface area contributed by atoms with Crippen LogP contribution < -0.4 is 16.8 Å². The van der Waals surface area contributed by atoms with Crippen LogP contribution >= 0.6 is 11.3 Å². The zero-order valence-corrected chi connectivity index (χ0v) is 8.92. The molecule has 0 aliphatic heterocycles. The van der Waals surface area contributed by atoms with Gasteiger partial charge in [-0.15, -0.1) is 0 Å². The highest BCUT2D eigenvalue weighted by molar-refractivity contribution is 7.07. The maximum Gasteiger partial charge on any atom is 0.149 e. The predicted molar refractivity (Wildman–Crippen MR) is 64.7 cm³/mol. The van der Waals surface area contributed by atoms with Crippen LogP contribution in [0.5, 0.6) is 0 Å². The Bertz CT molecular complexity index is 439. The van der Waals surface area contributed by atoms with Crippen molar-refractivity contribution in [3.05, 3.63) is 34.5 Å². The number of hydrogen-bond donors (Lipinski definition) is 3. The van der Waals surface area contributed by atoms with E-state index in [1.54, 1.807) is 17.4 Å². The smallest absolute Gasteiger partial charge is 0.149 e. The summed E-state index contributed by atoms with van der Waals surface area (Å²) in [7, 11) is 0. The van der Waals surface area contributed by atoms with E-state index in [1.807, 2.05) is 11.4 Å². The standard InChI is InChI=1S/C10H12N4S/c11-8-1-2-9(14-10(8)12)13-5-7-3-4-15-6-7/h1-4,6H,5,11H2,(H3,12,13,14). The van der Waals surface area contributed by atoms with Crippen LogP contribution in [0, 0.1) is 0 Å². The van der Waals surface area contributed by atoms with Crippen molar-refractivity contribution < 1.29 is 0 Å². The second-order valence-corrected chi connectivity index (χ2v) is 3.94. The molecule has 0 saturated heterocycles. The molecule has 2 heterocycles. The Hall–Kier alpha value is -1.75. The maximum atomic E-state index is 5.60. The highest BCUT2D eigenvalue weighted by atomic mass is 32.1. The molecule has 0 fully saturated rings. The number of aromatic nitrogens is 1. The number of nitrogens with zero attached hydrogens (tertiary/aromatic N) is 1. The minimum atomic E-state index is 0.366. The summed E-state index contributed by atoms with van der Waals surface area (Å²) < 4.78 is 0. The molecule has 0 atom stereocenters. The Morgan fingerprint density at radius 1 is 1.27 bits per heavy atom. The topological polar surface area (TPSA) is 77.0 Å². The van der Waals surface area contributed by atoms with E-state index in [2.05, 4.69) is 21.7 Å². The van der Waals surface area contributed by atoms with Crippen molar-refractivity contribution in [3.63, 3.8) is 0 Å². The lowest BCUT2D eigenvalue weighted by molar-refractivity contribution is 1.12. The van der Waals surface area contributed by atoms with E-state index in [0.717, 1.165) is 12.4 Å². The molecule has 0 amide bonds. The van der Waals surface area contributed by atoms with Gasteiger partial charge in [-0.1, -0.05) is 0 Å². The van der Waals surface area contributed by atoms with Crippen LogP contribution in [0.1, 0.15) is 5.56 Å². The number of hydrogen-bond acceptors (Lipinski definition) is 5. The number of thiophene rings is 1. The van der Waals surface area contributed by atoms with Gasteiger partial charge in [0.15, 0.2) is 0 Å². The van der Waals surface area contributed by atoms with Gasteiger partial charge in [0, 0.05) is 6.54 Å². The van der Waals surface area contributed by atoms with E-state index in [9.17, 15) is 0 Å². The fourth-order valence-corrected chi connectivity index (χ4v) is 1.84. The predicted octanol–water partition coefficient (Wildman–Crippen LogP) is 1.92. The Labute approximate surface area is 91.9 Å². The molecule has 2 rings (SSSR count). The summed E-state index contributed by atoms with van der Waals surface area (Å²) in [5.74, 6) is 1.11. The Morgan fingerprint density at radius 3 is 2.80 bits per heavy atom. The van der Waals surface area contributed by atoms with E-state index in [4.69, 9.17) is 11.5 Å². The largest absolute Gasteiger partial charge is 0.396 e. The third-order valence-electron chi connectivity index (χ3n) is 2.01. The first-order chi connectivity index (χ1) is 7.25. The summed E-state index contributed by atoms with van der Waals surface area (Å²) in [4.78, 5) is 4.12. The van der Waals surface area contributed by atoms with E-state index < -0.39 is 0 Å². The zero-order valence-electron chi connectivity index (χ0n) is 8.10. The van der Waals surface area contributed by atoms with Crippen LogP contribution in [0.4, 0.5) is 17.3 Å². The molecule has 0 aromatic carbocycles. The Balaban J connectivity index is 2.02. The first-order valence-corrected chi connectivity index (χ1v) is 5.47. The molecule has 15 heavy (non-hydrogen) atoms. The third kappa shape index (κ3) is 2.38. The van der Waals surface area contributed by atoms with Crippen molar-refractivity contribution in [2.75, 3.05) is 16.8 Å². The molecule has 0 aliphatic rings. The molecule has 5 N–H and O–H groups in total. The van der Waals surface area contributed by atoms with E-state index in [0.29, 0.717) is 11.5 Å². The van der Waals surface area contributed by atoms with Crippen LogP contribution in [0.3, 0.4) is 0 Å². The number of pyridine rings is 1. The third-order valence-corrected chi connectivity index (χ3v) is 2.74. The van der Waals surface area contributed by atoms with Crippen molar-refractivity contribution in [2.24, 2.45) is 0 Å². The van der Waals surface area contributed by atoms with Crippen LogP contribution in [0.2, 0.25) is 0 Å². The van der Waals surface area contributed by atoms with Gasteiger partial charge >= 0.3 is 0 Å². The lowest BCUT2D eigenvalue weighted by atomic mass is 10.3. The maximum absolute atomic E-state index is 5.60. The summed E-state index contributed by atoms with van der Waals surface area (Å²) in [6, 6.07) is 5.63. The Kier molecular flexibility index (Phi) is 2.73. The molecule has 0 bridgehead atoms. The average Bonchev–Trinajstić information content (AvgIpc) is 2.73. The second-order valence-electron chi connectivity index (χ2n) is 3.16. The lowest BCUT2D eigenvalue weighted by Crippen LogP contribution is -2.04. The molecular weight excluding hydrogens is 208 g/mol. The number of nitrogens with two attached hydrogens (primary N) is 2. The summed E-state index contributed by atoms with van der Waals surface area (Å²) >= 11 is 1.68. The summed E-state index contributed by atoms with van der Waals surface area (Å²) in [6.07, 6.45) is 0. The first kappa shape index (κ1) is 9.79. The summed E-state index contributed by atoms with van der Waals surface area (Å²) in [6.45, 7) is 0.750. The van der Waals surface area contributed by atoms with Crippen LogP contribution in [-0.4, -0.2) is 4.98 Å². The van der Waals surface area contributed by atoms with E-state index in [-0.39, 0.29) is 0 Å². The fraction of sp³-hybridized carbons (Fsp3) is 0.100. The molecule has 0 radical (unpaired) electrons. The minimum absolute atomic E-state index is 0.366. The summed E-state index contributed by atoms with van der Waals surface area (Å²) in [5.41, 5.74) is 12.9. The van der Waals surface area contributed by atoms with Crippen molar-refractivity contribution in [1.29, 1.82) is 0 Å². The normalized spacial score (nSPS) is 10.1. The van der Waals surface area contributed by atoms with Crippen molar-refractivity contribution >= 4 is 28.7 Å². The lowest BCUT2D eigenvalue weighted by Gasteiger charge is -2.05. The molecule has 4 nitrogen and oxygen atoms in total. The van der Waals surface area contributed by atoms with Crippen molar-refractivity contribution in [1.82, 2.24) is 4.98 Å². The van der Waals surface area contributed by atoms with Gasteiger partial charge in [-0.3, -0.25) is 0 Å². The summed E-state index contributed by atoms with van der Waals surface area (Å²) in [5, 5.41) is 7.31. The van der Waals surface area contributed by atoms with Gasteiger partial charge in [-0.2, -0.15) is 11.3 Å². The molecule has 2 aromatic rings. The molecule has 0 saturated carbocycles. The van der Waals surface area contributed by atoms with Gasteiger partial charge in [0.2, 0.25) is 0 Å². The van der Waals surface area contributed by atoms with Gasteiger partial charge in [-0.25, -0.2) is 4.98 Å². The monoisotopic (exact) mass is 220 g/mol. The molecular formula is C10H12N4S. The van der Waals surface area contributed by atoms with Crippen molar-refractivity contribution in [2.45, 2.75) is 6.54 Å². The average molecular weight is 220 g/mol. The molecule has 2 aromatic heterocycles. The molecule has 0 unspecified atom stereocenters. The van der Waals surface area contributed by atoms with Crippen LogP contribution in [0.15, 0.2) is 29.0 Å². The molecule has 5 heteroatoms. The quantitative estimate of drug-likeness (QED) is 0.738. The van der Waals surface area contributed by atoms with Gasteiger partial charge < -0.3 is 16.8 Å². The Morgan fingerprint density at radius 2 is 2.13 bits per heavy atom. The van der Waals surface area contributed by atoms with E-state index in [1.165, 1.54) is 5.56 Å². The van der Waals surface area contributed by atoms with Crippen LogP contribution in [-0.2, 0) is 6.54 Å². The minimum Gasteiger partial charge on any atom is -0.396 e. The number of nitrogens with one attached hydrogen (secondary N) is 1. The van der Waals surface area contributed by atoms with Gasteiger partial charge in [0.05, 0.1) is 5.69 Å². The highest BCUT2D eigenvalue weighted by Gasteiger charge is 1.99. The van der Waals surface area contributed by atoms with Crippen LogP contribution in [0.25, 0.3) is 0 Å². The van der Waals surface area contributed by atoms with Gasteiger partial charge in [-0.05, 0) is 34.5 Å². The number of rotatable bonds is 3. The van der Waals surface area contributed by atoms with Gasteiger partial charge in [0.25, 0.3) is 0 Å². The zero-order chi connectivity index (χ0) is 10.7. The first-order valence-electron chi connectivity index (χ1n) is 4.52. The molecule has 0 spiro atoms. The molecule has 78 valence electrons. The van der Waals surface area contributed by atoms with Crippen molar-refractivity contribution in [3.8, 4) is 0 Å². The second kappa shape index (κ2) is 4.18. The van der Waals surface area contributed by atoms with E-state index >= 15 is 0 Å². The number of nitrogen functional groups attached to an aromatic ring is 2. The number of anilines is 3. The highest BCUT2D eigenvalue weighted by Crippen LogP contribution is 2.15.